The molecule has 0 atom stereocenters. The lowest BCUT2D eigenvalue weighted by molar-refractivity contribution is -0.116. The van der Waals surface area contributed by atoms with Gasteiger partial charge in [0.05, 0.1) is 12.7 Å². The maximum absolute atomic E-state index is 11.3. The second-order valence-corrected chi connectivity index (χ2v) is 4.18. The molecule has 0 amide bonds. The third-order valence-corrected chi connectivity index (χ3v) is 2.86. The normalized spacial score (nSPS) is 10.3. The molecule has 1 heterocycles. The van der Waals surface area contributed by atoms with E-state index in [1.807, 2.05) is 6.92 Å². The molecule has 1 aromatic carbocycles. The number of hydrogen-bond acceptors (Lipinski definition) is 4. The van der Waals surface area contributed by atoms with E-state index in [0.717, 1.165) is 10.9 Å². The summed E-state index contributed by atoms with van der Waals surface area (Å²) in [6, 6.07) is 5.47. The minimum atomic E-state index is 0.0649. The minimum absolute atomic E-state index is 0.0649. The lowest BCUT2D eigenvalue weighted by Gasteiger charge is -2.02. The zero-order chi connectivity index (χ0) is 13.3. The zero-order valence-corrected chi connectivity index (χ0v) is 10.5. The van der Waals surface area contributed by atoms with Crippen LogP contribution in [0.4, 0.5) is 0 Å². The van der Waals surface area contributed by atoms with Crippen LogP contribution >= 0.6 is 0 Å². The van der Waals surface area contributed by atoms with Gasteiger partial charge < -0.3 is 9.15 Å². The lowest BCUT2D eigenvalue weighted by Crippen LogP contribution is -1.97. The largest absolute Gasteiger partial charge is 0.495 e. The highest BCUT2D eigenvalue weighted by molar-refractivity contribution is 5.90. The second kappa shape index (κ2) is 4.53. The lowest BCUT2D eigenvalue weighted by atomic mass is 10.0. The average molecular weight is 243 g/mol. The third-order valence-electron chi connectivity index (χ3n) is 2.86. The number of ether oxygens (including phenoxy) is 1. The molecule has 0 aliphatic heterocycles. The van der Waals surface area contributed by atoms with Crippen LogP contribution in [0.25, 0.3) is 11.0 Å². The Morgan fingerprint density at radius 2 is 2.22 bits per heavy atom. The summed E-state index contributed by atoms with van der Waals surface area (Å²) in [4.78, 5) is 11.3. The zero-order valence-electron chi connectivity index (χ0n) is 10.5. The van der Waals surface area contributed by atoms with Crippen molar-refractivity contribution in [2.24, 2.45) is 0 Å². The first kappa shape index (κ1) is 12.2. The van der Waals surface area contributed by atoms with Gasteiger partial charge in [0.25, 0.3) is 0 Å². The Morgan fingerprint density at radius 3 is 2.78 bits per heavy atom. The number of aryl methyl sites for hydroxylation is 1. The molecule has 0 spiro atoms. The topological polar surface area (TPSA) is 63.2 Å². The number of fused-ring (bicyclic) bond motifs is 1. The summed E-state index contributed by atoms with van der Waals surface area (Å²) in [5, 5.41) is 9.87. The first-order valence-electron chi connectivity index (χ1n) is 5.56. The van der Waals surface area contributed by atoms with Gasteiger partial charge in [0.2, 0.25) is 0 Å². The number of hydrogen-bond donors (Lipinski definition) is 0. The van der Waals surface area contributed by atoms with E-state index < -0.39 is 0 Å². The van der Waals surface area contributed by atoms with Crippen molar-refractivity contribution >= 4 is 16.8 Å². The van der Waals surface area contributed by atoms with Crippen LogP contribution in [0.3, 0.4) is 0 Å². The monoisotopic (exact) mass is 243 g/mol. The summed E-state index contributed by atoms with van der Waals surface area (Å²) in [7, 11) is 1.51. The molecule has 0 aliphatic rings. The summed E-state index contributed by atoms with van der Waals surface area (Å²) in [5.41, 5.74) is 1.92. The number of carbonyl (C=O) groups is 1. The standard InChI is InChI=1S/C14H13NO3/c1-8(16)4-11-9(2)18-14-6-13(17-3)10(7-15)5-12(11)14/h5-6H,4H2,1-3H3. The van der Waals surface area contributed by atoms with E-state index in [4.69, 9.17) is 14.4 Å². The molecule has 92 valence electrons. The van der Waals surface area contributed by atoms with E-state index in [2.05, 4.69) is 6.07 Å². The van der Waals surface area contributed by atoms with Gasteiger partial charge in [-0.25, -0.2) is 0 Å². The number of carbonyl (C=O) groups excluding carboxylic acids is 1. The molecule has 0 unspecified atom stereocenters. The van der Waals surface area contributed by atoms with Crippen molar-refractivity contribution in [3.8, 4) is 11.8 Å². The summed E-state index contributed by atoms with van der Waals surface area (Å²) in [6.07, 6.45) is 0.316. The molecule has 0 saturated heterocycles. The van der Waals surface area contributed by atoms with Crippen LogP contribution in [0.15, 0.2) is 16.5 Å². The Kier molecular flexibility index (Phi) is 3.07. The van der Waals surface area contributed by atoms with Crippen LogP contribution in [0.1, 0.15) is 23.8 Å². The number of furan rings is 1. The first-order chi connectivity index (χ1) is 8.56. The highest BCUT2D eigenvalue weighted by Crippen LogP contribution is 2.31. The van der Waals surface area contributed by atoms with Gasteiger partial charge in [0.1, 0.15) is 28.9 Å². The Bertz CT molecular complexity index is 662. The van der Waals surface area contributed by atoms with Gasteiger partial charge in [0, 0.05) is 23.4 Å². The molecule has 4 nitrogen and oxygen atoms in total. The first-order valence-corrected chi connectivity index (χ1v) is 5.56. The number of rotatable bonds is 3. The smallest absolute Gasteiger partial charge is 0.140 e. The Labute approximate surface area is 105 Å². The maximum Gasteiger partial charge on any atom is 0.140 e. The SMILES string of the molecule is COc1cc2oc(C)c(CC(C)=O)c2cc1C#N. The van der Waals surface area contributed by atoms with E-state index in [1.54, 1.807) is 12.1 Å². The van der Waals surface area contributed by atoms with Crippen molar-refractivity contribution in [3.63, 3.8) is 0 Å². The van der Waals surface area contributed by atoms with Gasteiger partial charge in [-0.3, -0.25) is 4.79 Å². The van der Waals surface area contributed by atoms with Gasteiger partial charge in [-0.1, -0.05) is 0 Å². The van der Waals surface area contributed by atoms with Crippen LogP contribution < -0.4 is 4.74 Å². The molecule has 0 N–H and O–H groups in total. The number of Topliss-reactive ketones (excluding diaryl/α,β-unsaturated/α-hetero) is 1. The average Bonchev–Trinajstić information content (AvgIpc) is 2.63. The van der Waals surface area contributed by atoms with Gasteiger partial charge >= 0.3 is 0 Å². The van der Waals surface area contributed by atoms with Crippen molar-refractivity contribution in [2.45, 2.75) is 20.3 Å². The summed E-state index contributed by atoms with van der Waals surface area (Å²) in [6.45, 7) is 3.35. The Hall–Kier alpha value is -2.28. The Morgan fingerprint density at radius 1 is 1.50 bits per heavy atom. The fraction of sp³-hybridized carbons (Fsp3) is 0.286. The van der Waals surface area contributed by atoms with E-state index in [-0.39, 0.29) is 5.78 Å². The molecular formula is C14H13NO3. The number of ketones is 1. The number of methoxy groups -OCH3 is 1. The van der Waals surface area contributed by atoms with Crippen LogP contribution in [-0.2, 0) is 11.2 Å². The van der Waals surface area contributed by atoms with Crippen LogP contribution in [0.5, 0.6) is 5.75 Å². The van der Waals surface area contributed by atoms with E-state index in [9.17, 15) is 4.79 Å². The molecule has 0 bridgehead atoms. The highest BCUT2D eigenvalue weighted by Gasteiger charge is 2.15. The molecular weight excluding hydrogens is 230 g/mol. The van der Waals surface area contributed by atoms with Gasteiger partial charge in [0.15, 0.2) is 0 Å². The quantitative estimate of drug-likeness (QED) is 0.831. The van der Waals surface area contributed by atoms with Crippen LogP contribution in [0, 0.1) is 18.3 Å². The number of nitriles is 1. The van der Waals surface area contributed by atoms with Crippen LogP contribution in [-0.4, -0.2) is 12.9 Å². The molecule has 4 heteroatoms. The van der Waals surface area contributed by atoms with Gasteiger partial charge in [-0.15, -0.1) is 0 Å². The van der Waals surface area contributed by atoms with Crippen LogP contribution in [0.2, 0.25) is 0 Å². The number of benzene rings is 1. The predicted octanol–water partition coefficient (Wildman–Crippen LogP) is 2.75. The van der Waals surface area contributed by atoms with E-state index >= 15 is 0 Å². The highest BCUT2D eigenvalue weighted by atomic mass is 16.5. The fourth-order valence-corrected chi connectivity index (χ4v) is 2.02. The summed E-state index contributed by atoms with van der Waals surface area (Å²) in [5.74, 6) is 1.25. The Balaban J connectivity index is 2.71. The number of nitrogens with zero attached hydrogens (tertiary/aromatic N) is 1. The molecule has 0 fully saturated rings. The van der Waals surface area contributed by atoms with E-state index in [1.165, 1.54) is 14.0 Å². The molecule has 0 radical (unpaired) electrons. The van der Waals surface area contributed by atoms with Gasteiger partial charge in [-0.2, -0.15) is 5.26 Å². The molecule has 1 aromatic heterocycles. The second-order valence-electron chi connectivity index (χ2n) is 4.18. The third kappa shape index (κ3) is 1.95. The van der Waals surface area contributed by atoms with Crippen molar-refractivity contribution in [1.82, 2.24) is 0 Å². The van der Waals surface area contributed by atoms with E-state index in [0.29, 0.717) is 29.1 Å². The minimum Gasteiger partial charge on any atom is -0.495 e. The molecule has 0 aliphatic carbocycles. The molecule has 2 aromatic rings. The predicted molar refractivity (Wildman–Crippen MR) is 66.6 cm³/mol. The molecule has 0 saturated carbocycles. The summed E-state index contributed by atoms with van der Waals surface area (Å²) >= 11 is 0. The van der Waals surface area contributed by atoms with Crippen molar-refractivity contribution < 1.29 is 13.9 Å². The van der Waals surface area contributed by atoms with Crippen molar-refractivity contribution in [2.75, 3.05) is 7.11 Å². The van der Waals surface area contributed by atoms with Crippen molar-refractivity contribution in [3.05, 3.63) is 29.0 Å². The summed E-state index contributed by atoms with van der Waals surface area (Å²) < 4.78 is 10.7. The fourth-order valence-electron chi connectivity index (χ4n) is 2.02. The van der Waals surface area contributed by atoms with Crippen molar-refractivity contribution in [1.29, 1.82) is 5.26 Å². The molecule has 2 rings (SSSR count). The maximum atomic E-state index is 11.3. The molecule has 18 heavy (non-hydrogen) atoms. The van der Waals surface area contributed by atoms with Gasteiger partial charge in [-0.05, 0) is 19.9 Å².